The number of thioether (sulfide) groups is 1. The summed E-state index contributed by atoms with van der Waals surface area (Å²) >= 11 is 1.33. The van der Waals surface area contributed by atoms with Crippen molar-refractivity contribution in [2.24, 2.45) is 0 Å². The zero-order chi connectivity index (χ0) is 29.6. The van der Waals surface area contributed by atoms with Gasteiger partial charge in [0.1, 0.15) is 5.25 Å². The smallest absolute Gasteiger partial charge is 0.336 e. The van der Waals surface area contributed by atoms with Crippen LogP contribution in [-0.4, -0.2) is 28.7 Å². The van der Waals surface area contributed by atoms with Crippen molar-refractivity contribution in [3.63, 3.8) is 0 Å². The van der Waals surface area contributed by atoms with E-state index in [1.165, 1.54) is 24.8 Å². The number of Topliss-reactive ketones (excluding diaryl/α,β-unsaturated/α-hetero) is 1. The van der Waals surface area contributed by atoms with Crippen LogP contribution in [0.4, 0.5) is 11.4 Å². The van der Waals surface area contributed by atoms with Crippen molar-refractivity contribution in [3.05, 3.63) is 138 Å². The second-order valence-electron chi connectivity index (χ2n) is 9.53. The fraction of sp³-hybridized carbons (Fsp3) is 0.0588. The molecule has 8 heteroatoms. The third-order valence-corrected chi connectivity index (χ3v) is 7.87. The summed E-state index contributed by atoms with van der Waals surface area (Å²) in [6, 6.07) is 33.2. The van der Waals surface area contributed by atoms with E-state index < -0.39 is 17.1 Å². The number of hydrogen-bond donors (Lipinski definition) is 3. The number of nitrogens with one attached hydrogen (secondary N) is 2. The van der Waals surface area contributed by atoms with E-state index in [1.807, 2.05) is 36.4 Å². The van der Waals surface area contributed by atoms with Gasteiger partial charge in [-0.25, -0.2) is 4.79 Å². The van der Waals surface area contributed by atoms with Gasteiger partial charge in [0, 0.05) is 32.8 Å². The predicted molar refractivity (Wildman–Crippen MR) is 165 cm³/mol. The molecule has 0 aliphatic heterocycles. The second kappa shape index (κ2) is 12.5. The molecule has 0 radical (unpaired) electrons. The molecule has 1 atom stereocenters. The molecule has 0 saturated carbocycles. The van der Waals surface area contributed by atoms with Crippen LogP contribution in [-0.2, 0) is 4.79 Å². The number of rotatable bonds is 9. The molecule has 0 fully saturated rings. The largest absolute Gasteiger partial charge is 0.478 e. The van der Waals surface area contributed by atoms with Gasteiger partial charge >= 0.3 is 5.97 Å². The zero-order valence-electron chi connectivity index (χ0n) is 22.5. The topological polar surface area (TPSA) is 113 Å². The molecule has 7 nitrogen and oxygen atoms in total. The number of ketones is 1. The maximum absolute atomic E-state index is 13.5. The van der Waals surface area contributed by atoms with Crippen LogP contribution in [0, 0.1) is 0 Å². The van der Waals surface area contributed by atoms with Gasteiger partial charge in [-0.2, -0.15) is 0 Å². The quantitative estimate of drug-likeness (QED) is 0.124. The fourth-order valence-corrected chi connectivity index (χ4v) is 5.67. The average molecular weight is 575 g/mol. The highest BCUT2D eigenvalue weighted by atomic mass is 32.2. The first-order valence-corrected chi connectivity index (χ1v) is 14.0. The highest BCUT2D eigenvalue weighted by Gasteiger charge is 2.23. The number of carbonyl (C=O) groups is 4. The summed E-state index contributed by atoms with van der Waals surface area (Å²) in [7, 11) is 0. The van der Waals surface area contributed by atoms with E-state index in [0.717, 1.165) is 10.5 Å². The van der Waals surface area contributed by atoms with Gasteiger partial charge in [-0.1, -0.05) is 60.7 Å². The number of carbonyl (C=O) groups excluding carboxylic acids is 3. The highest BCUT2D eigenvalue weighted by molar-refractivity contribution is 8.00. The maximum atomic E-state index is 13.5. The molecule has 42 heavy (non-hydrogen) atoms. The lowest BCUT2D eigenvalue weighted by Crippen LogP contribution is -2.19. The lowest BCUT2D eigenvalue weighted by molar-refractivity contribution is -0.115. The van der Waals surface area contributed by atoms with E-state index in [0.29, 0.717) is 27.7 Å². The summed E-state index contributed by atoms with van der Waals surface area (Å²) in [6.07, 6.45) is 0. The Morgan fingerprint density at radius 2 is 1.36 bits per heavy atom. The first-order valence-electron chi connectivity index (χ1n) is 13.1. The SMILES string of the molecule is CC(=O)c1ccc(NC(=O)C(Sc2cccc(NC(=O)c3cccc4cccc(C(=O)O)c34)c2)c2ccccc2)cc1. The van der Waals surface area contributed by atoms with Crippen LogP contribution >= 0.6 is 11.8 Å². The molecule has 208 valence electrons. The number of aromatic carboxylic acids is 1. The Morgan fingerprint density at radius 1 is 0.690 bits per heavy atom. The second-order valence-corrected chi connectivity index (χ2v) is 10.7. The normalized spacial score (nSPS) is 11.5. The van der Waals surface area contributed by atoms with E-state index in [1.54, 1.807) is 72.8 Å². The van der Waals surface area contributed by atoms with E-state index in [9.17, 15) is 24.3 Å². The summed E-state index contributed by atoms with van der Waals surface area (Å²) < 4.78 is 0. The van der Waals surface area contributed by atoms with Gasteiger partial charge in [0.05, 0.1) is 5.56 Å². The van der Waals surface area contributed by atoms with Crippen LogP contribution in [0.3, 0.4) is 0 Å². The van der Waals surface area contributed by atoms with Crippen molar-refractivity contribution in [1.82, 2.24) is 0 Å². The lowest BCUT2D eigenvalue weighted by Gasteiger charge is -2.18. The van der Waals surface area contributed by atoms with Gasteiger partial charge in [0.15, 0.2) is 5.78 Å². The molecule has 0 spiro atoms. The van der Waals surface area contributed by atoms with Crippen molar-refractivity contribution in [2.45, 2.75) is 17.1 Å². The van der Waals surface area contributed by atoms with Crippen molar-refractivity contribution in [2.75, 3.05) is 10.6 Å². The maximum Gasteiger partial charge on any atom is 0.336 e. The van der Waals surface area contributed by atoms with Crippen molar-refractivity contribution < 1.29 is 24.3 Å². The van der Waals surface area contributed by atoms with Gasteiger partial charge in [-0.3, -0.25) is 14.4 Å². The Balaban J connectivity index is 1.39. The van der Waals surface area contributed by atoms with Gasteiger partial charge in [-0.15, -0.1) is 11.8 Å². The minimum absolute atomic E-state index is 0.0511. The highest BCUT2D eigenvalue weighted by Crippen LogP contribution is 2.37. The Kier molecular flexibility index (Phi) is 8.45. The third kappa shape index (κ3) is 6.40. The van der Waals surface area contributed by atoms with E-state index in [-0.39, 0.29) is 22.8 Å². The first-order chi connectivity index (χ1) is 20.3. The van der Waals surface area contributed by atoms with Crippen molar-refractivity contribution in [1.29, 1.82) is 0 Å². The van der Waals surface area contributed by atoms with Crippen molar-refractivity contribution >= 4 is 57.5 Å². The predicted octanol–water partition coefficient (Wildman–Crippen LogP) is 7.47. The molecule has 0 bridgehead atoms. The number of fused-ring (bicyclic) bond motifs is 1. The molecule has 0 heterocycles. The van der Waals surface area contributed by atoms with Gasteiger partial charge in [0.2, 0.25) is 5.91 Å². The van der Waals surface area contributed by atoms with E-state index in [4.69, 9.17) is 0 Å². The summed E-state index contributed by atoms with van der Waals surface area (Å²) in [4.78, 5) is 51.0. The van der Waals surface area contributed by atoms with Crippen LogP contribution in [0.15, 0.2) is 120 Å². The number of benzene rings is 5. The molecule has 5 aromatic rings. The molecule has 0 aliphatic rings. The standard InChI is InChI=1S/C34H26N2O5S/c1-21(37)22-16-18-25(19-17-22)35-33(39)31(24-8-3-2-4-9-24)42-27-13-7-12-26(20-27)36-32(38)28-14-5-10-23-11-6-15-29(30(23)28)34(40)41/h2-20,31H,1H3,(H,35,39)(H,36,38)(H,40,41). The van der Waals surface area contributed by atoms with Crippen LogP contribution in [0.5, 0.6) is 0 Å². The number of anilines is 2. The number of carboxylic acids is 1. The summed E-state index contributed by atoms with van der Waals surface area (Å²) in [5.74, 6) is -1.85. The Hall–Kier alpha value is -5.21. The molecule has 0 aliphatic carbocycles. The number of hydrogen-bond acceptors (Lipinski definition) is 5. The molecule has 5 aromatic carbocycles. The fourth-order valence-electron chi connectivity index (χ4n) is 4.59. The van der Waals surface area contributed by atoms with Gasteiger partial charge in [0.25, 0.3) is 5.91 Å². The Bertz CT molecular complexity index is 1800. The Morgan fingerprint density at radius 3 is 2.02 bits per heavy atom. The molecule has 2 amide bonds. The van der Waals surface area contributed by atoms with E-state index >= 15 is 0 Å². The monoisotopic (exact) mass is 574 g/mol. The van der Waals surface area contributed by atoms with Gasteiger partial charge < -0.3 is 15.7 Å². The van der Waals surface area contributed by atoms with Crippen LogP contribution in [0.2, 0.25) is 0 Å². The van der Waals surface area contributed by atoms with Crippen LogP contribution in [0.25, 0.3) is 10.8 Å². The minimum Gasteiger partial charge on any atom is -0.478 e. The minimum atomic E-state index is -1.11. The summed E-state index contributed by atoms with van der Waals surface area (Å²) in [6.45, 7) is 1.49. The number of amides is 2. The molecule has 3 N–H and O–H groups in total. The summed E-state index contributed by atoms with van der Waals surface area (Å²) in [5, 5.41) is 15.9. The average Bonchev–Trinajstić information content (AvgIpc) is 3.00. The van der Waals surface area contributed by atoms with Crippen LogP contribution < -0.4 is 10.6 Å². The molecule has 0 saturated heterocycles. The first kappa shape index (κ1) is 28.3. The van der Waals surface area contributed by atoms with Gasteiger partial charge in [-0.05, 0) is 72.5 Å². The van der Waals surface area contributed by atoms with E-state index in [2.05, 4.69) is 10.6 Å². The molecular weight excluding hydrogens is 548 g/mol. The third-order valence-electron chi connectivity index (χ3n) is 6.62. The zero-order valence-corrected chi connectivity index (χ0v) is 23.4. The molecular formula is C34H26N2O5S. The van der Waals surface area contributed by atoms with Crippen LogP contribution in [0.1, 0.15) is 48.8 Å². The summed E-state index contributed by atoms with van der Waals surface area (Å²) in [5.41, 5.74) is 2.73. The molecule has 0 aromatic heterocycles. The Labute approximate surface area is 246 Å². The molecule has 1 unspecified atom stereocenters. The van der Waals surface area contributed by atoms with Crippen molar-refractivity contribution in [3.8, 4) is 0 Å². The number of carboxylic acid groups (broad SMARTS) is 1. The lowest BCUT2D eigenvalue weighted by atomic mass is 9.98. The molecule has 5 rings (SSSR count).